The molecule has 0 bridgehead atoms. The molecule has 1 aromatic heterocycles. The first-order chi connectivity index (χ1) is 11.9. The van der Waals surface area contributed by atoms with Crippen molar-refractivity contribution >= 4 is 11.9 Å². The summed E-state index contributed by atoms with van der Waals surface area (Å²) >= 11 is 0. The van der Waals surface area contributed by atoms with Crippen LogP contribution in [0, 0.1) is 5.92 Å². The monoisotopic (exact) mass is 343 g/mol. The fourth-order valence-electron chi connectivity index (χ4n) is 2.39. The molecule has 132 valence electrons. The van der Waals surface area contributed by atoms with Gasteiger partial charge in [-0.3, -0.25) is 9.59 Å². The minimum absolute atomic E-state index is 0.114. The maximum absolute atomic E-state index is 12.1. The topological polar surface area (TPSA) is 101 Å². The third-order valence-corrected chi connectivity index (χ3v) is 3.57. The zero-order chi connectivity index (χ0) is 18.4. The van der Waals surface area contributed by atoms with Crippen LogP contribution in [0.2, 0.25) is 0 Å². The number of benzene rings is 1. The Balaban J connectivity index is 2.15. The van der Waals surface area contributed by atoms with Crippen LogP contribution < -0.4 is 10.9 Å². The number of aromatic nitrogens is 2. The minimum atomic E-state index is -1.10. The van der Waals surface area contributed by atoms with Crippen molar-refractivity contribution < 1.29 is 14.7 Å². The average Bonchev–Trinajstić information content (AvgIpc) is 2.56. The van der Waals surface area contributed by atoms with Gasteiger partial charge >= 0.3 is 5.97 Å². The molecule has 1 aromatic carbocycles. The number of nitrogens with zero attached hydrogens (tertiary/aromatic N) is 2. The van der Waals surface area contributed by atoms with E-state index < -0.39 is 23.5 Å². The molecule has 0 aliphatic rings. The number of aliphatic carboxylic acids is 1. The Kier molecular flexibility index (Phi) is 6.05. The van der Waals surface area contributed by atoms with Gasteiger partial charge in [0, 0.05) is 11.6 Å². The van der Waals surface area contributed by atoms with E-state index in [-0.39, 0.29) is 12.5 Å². The minimum Gasteiger partial charge on any atom is -0.480 e. The standard InChI is InChI=1S/C18H21N3O4/c1-12(2)10-15(18(24)25)19-16(22)11-21-17(23)9-8-14(20-21)13-6-4-3-5-7-13/h3-9,12,15H,10-11H2,1-2H3,(H,19,22)(H,24,25)/t15-/m0/s1. The van der Waals surface area contributed by atoms with Crippen LogP contribution in [0.4, 0.5) is 0 Å². The fraction of sp³-hybridized carbons (Fsp3) is 0.333. The predicted octanol–water partition coefficient (Wildman–Crippen LogP) is 1.53. The summed E-state index contributed by atoms with van der Waals surface area (Å²) in [5.41, 5.74) is 0.954. The van der Waals surface area contributed by atoms with Gasteiger partial charge in [0.1, 0.15) is 12.6 Å². The zero-order valence-corrected chi connectivity index (χ0v) is 14.2. The molecule has 0 spiro atoms. The summed E-state index contributed by atoms with van der Waals surface area (Å²) < 4.78 is 1.03. The average molecular weight is 343 g/mol. The Morgan fingerprint density at radius 1 is 1.16 bits per heavy atom. The summed E-state index contributed by atoms with van der Waals surface area (Å²) in [5, 5.41) is 15.8. The Bertz CT molecular complexity index is 799. The lowest BCUT2D eigenvalue weighted by molar-refractivity contribution is -0.142. The van der Waals surface area contributed by atoms with Crippen LogP contribution >= 0.6 is 0 Å². The first-order valence-electron chi connectivity index (χ1n) is 8.02. The summed E-state index contributed by atoms with van der Waals surface area (Å²) in [6, 6.07) is 11.2. The lowest BCUT2D eigenvalue weighted by Crippen LogP contribution is -2.44. The van der Waals surface area contributed by atoms with Crippen molar-refractivity contribution in [1.29, 1.82) is 0 Å². The summed E-state index contributed by atoms with van der Waals surface area (Å²) in [5.74, 6) is -1.54. The van der Waals surface area contributed by atoms with Crippen LogP contribution in [0.15, 0.2) is 47.3 Å². The van der Waals surface area contributed by atoms with Crippen molar-refractivity contribution in [2.75, 3.05) is 0 Å². The van der Waals surface area contributed by atoms with Gasteiger partial charge in [0.25, 0.3) is 5.56 Å². The van der Waals surface area contributed by atoms with Crippen molar-refractivity contribution in [3.05, 3.63) is 52.8 Å². The van der Waals surface area contributed by atoms with Crippen LogP contribution in [-0.2, 0) is 16.1 Å². The molecule has 0 saturated carbocycles. The molecule has 2 aromatic rings. The van der Waals surface area contributed by atoms with Crippen molar-refractivity contribution in [2.24, 2.45) is 5.92 Å². The van der Waals surface area contributed by atoms with Crippen LogP contribution in [0.5, 0.6) is 0 Å². The van der Waals surface area contributed by atoms with Crippen molar-refractivity contribution in [1.82, 2.24) is 15.1 Å². The Labute approximate surface area is 145 Å². The molecule has 2 N–H and O–H groups in total. The van der Waals surface area contributed by atoms with Gasteiger partial charge in [0.2, 0.25) is 5.91 Å². The van der Waals surface area contributed by atoms with Crippen molar-refractivity contribution in [3.8, 4) is 11.3 Å². The third kappa shape index (κ3) is 5.27. The molecular weight excluding hydrogens is 322 g/mol. The molecule has 1 amide bonds. The zero-order valence-electron chi connectivity index (χ0n) is 14.2. The maximum Gasteiger partial charge on any atom is 0.326 e. The molecule has 0 radical (unpaired) electrons. The lowest BCUT2D eigenvalue weighted by atomic mass is 10.0. The van der Waals surface area contributed by atoms with Gasteiger partial charge in [-0.1, -0.05) is 44.2 Å². The van der Waals surface area contributed by atoms with Gasteiger partial charge < -0.3 is 10.4 Å². The van der Waals surface area contributed by atoms with E-state index in [0.29, 0.717) is 12.1 Å². The maximum atomic E-state index is 12.1. The van der Waals surface area contributed by atoms with Crippen LogP contribution in [0.3, 0.4) is 0 Å². The van der Waals surface area contributed by atoms with Gasteiger partial charge in [-0.05, 0) is 18.4 Å². The number of hydrogen-bond acceptors (Lipinski definition) is 4. The molecule has 25 heavy (non-hydrogen) atoms. The van der Waals surface area contributed by atoms with Crippen LogP contribution in [0.25, 0.3) is 11.3 Å². The first-order valence-corrected chi connectivity index (χ1v) is 8.02. The molecule has 0 aliphatic carbocycles. The third-order valence-electron chi connectivity index (χ3n) is 3.57. The normalized spacial score (nSPS) is 12.0. The second-order valence-corrected chi connectivity index (χ2v) is 6.17. The van der Waals surface area contributed by atoms with Gasteiger partial charge in [-0.25, -0.2) is 9.48 Å². The number of rotatable bonds is 7. The van der Waals surface area contributed by atoms with Crippen molar-refractivity contribution in [2.45, 2.75) is 32.9 Å². The Morgan fingerprint density at radius 2 is 1.84 bits per heavy atom. The highest BCUT2D eigenvalue weighted by Gasteiger charge is 2.21. The number of carboxylic acid groups (broad SMARTS) is 1. The molecule has 0 unspecified atom stereocenters. The smallest absolute Gasteiger partial charge is 0.326 e. The molecule has 2 rings (SSSR count). The summed E-state index contributed by atoms with van der Waals surface area (Å²) in [6.07, 6.45) is 0.313. The number of nitrogens with one attached hydrogen (secondary N) is 1. The van der Waals surface area contributed by atoms with E-state index in [9.17, 15) is 19.5 Å². The lowest BCUT2D eigenvalue weighted by Gasteiger charge is -2.16. The van der Waals surface area contributed by atoms with Crippen LogP contribution in [0.1, 0.15) is 20.3 Å². The predicted molar refractivity (Wildman–Crippen MR) is 93.0 cm³/mol. The summed E-state index contributed by atoms with van der Waals surface area (Å²) in [7, 11) is 0. The van der Waals surface area contributed by atoms with Gasteiger partial charge in [0.15, 0.2) is 0 Å². The molecule has 7 nitrogen and oxygen atoms in total. The van der Waals surface area contributed by atoms with Gasteiger partial charge in [-0.15, -0.1) is 0 Å². The first kappa shape index (κ1) is 18.4. The van der Waals surface area contributed by atoms with E-state index in [1.807, 2.05) is 44.2 Å². The molecule has 0 fully saturated rings. The van der Waals surface area contributed by atoms with E-state index in [2.05, 4.69) is 10.4 Å². The SMILES string of the molecule is CC(C)C[C@H](NC(=O)Cn1nc(-c2ccccc2)ccc1=O)C(=O)O. The second kappa shape index (κ2) is 8.23. The molecule has 0 aliphatic heterocycles. The Hall–Kier alpha value is -2.96. The second-order valence-electron chi connectivity index (χ2n) is 6.17. The van der Waals surface area contributed by atoms with Crippen molar-refractivity contribution in [3.63, 3.8) is 0 Å². The molecule has 0 saturated heterocycles. The number of carbonyl (C=O) groups excluding carboxylic acids is 1. The highest BCUT2D eigenvalue weighted by molar-refractivity contribution is 5.83. The highest BCUT2D eigenvalue weighted by atomic mass is 16.4. The van der Waals surface area contributed by atoms with E-state index in [1.165, 1.54) is 6.07 Å². The van der Waals surface area contributed by atoms with Gasteiger partial charge in [-0.2, -0.15) is 5.10 Å². The number of carbonyl (C=O) groups is 2. The number of amides is 1. The van der Waals surface area contributed by atoms with E-state index in [1.54, 1.807) is 6.07 Å². The molecular formula is C18H21N3O4. The van der Waals surface area contributed by atoms with Gasteiger partial charge in [0.05, 0.1) is 5.69 Å². The number of hydrogen-bond donors (Lipinski definition) is 2. The molecule has 1 heterocycles. The summed E-state index contributed by atoms with van der Waals surface area (Å²) in [6.45, 7) is 3.41. The van der Waals surface area contributed by atoms with E-state index >= 15 is 0 Å². The highest BCUT2D eigenvalue weighted by Crippen LogP contribution is 2.13. The number of carboxylic acids is 1. The largest absolute Gasteiger partial charge is 0.480 e. The quantitative estimate of drug-likeness (QED) is 0.794. The Morgan fingerprint density at radius 3 is 2.44 bits per heavy atom. The van der Waals surface area contributed by atoms with E-state index in [0.717, 1.165) is 10.2 Å². The fourth-order valence-corrected chi connectivity index (χ4v) is 2.39. The van der Waals surface area contributed by atoms with Crippen LogP contribution in [-0.4, -0.2) is 32.8 Å². The summed E-state index contributed by atoms with van der Waals surface area (Å²) in [4.78, 5) is 35.3. The molecule has 1 atom stereocenters. The molecule has 7 heteroatoms. The van der Waals surface area contributed by atoms with E-state index in [4.69, 9.17) is 0 Å².